The van der Waals surface area contributed by atoms with Crippen molar-refractivity contribution in [2.24, 2.45) is 0 Å². The van der Waals surface area contributed by atoms with Gasteiger partial charge in [0.2, 0.25) is 10.0 Å². The van der Waals surface area contributed by atoms with Crippen LogP contribution >= 0.6 is 0 Å². The van der Waals surface area contributed by atoms with Crippen molar-refractivity contribution in [2.45, 2.75) is 55.0 Å². The van der Waals surface area contributed by atoms with Crippen molar-refractivity contribution in [3.05, 3.63) is 59.5 Å². The molecule has 6 atom stereocenters. The minimum absolute atomic E-state index is 0.0847. The summed E-state index contributed by atoms with van der Waals surface area (Å²) in [5, 5.41) is 42.4. The number of anilines is 1. The van der Waals surface area contributed by atoms with E-state index in [-0.39, 0.29) is 34.5 Å². The first-order valence-electron chi connectivity index (χ1n) is 11.9. The zero-order chi connectivity index (χ0) is 28.2. The third-order valence-corrected chi connectivity index (χ3v) is 8.15. The normalized spacial score (nSPS) is 30.4. The lowest BCUT2D eigenvalue weighted by Gasteiger charge is -2.31. The average molecular weight is 569 g/mol. The molecule has 13 nitrogen and oxygen atoms in total. The maximum absolute atomic E-state index is 14.7. The molecule has 3 heterocycles. The molecule has 210 valence electrons. The summed E-state index contributed by atoms with van der Waals surface area (Å²) in [5.74, 6) is -3.76. The lowest BCUT2D eigenvalue weighted by Crippen LogP contribution is -2.43. The first-order chi connectivity index (χ1) is 18.4. The molecule has 1 fully saturated rings. The van der Waals surface area contributed by atoms with Gasteiger partial charge in [0.05, 0.1) is 6.33 Å². The average Bonchev–Trinajstić information content (AvgIpc) is 3.50. The van der Waals surface area contributed by atoms with Crippen LogP contribution in [0.1, 0.15) is 36.3 Å². The van der Waals surface area contributed by atoms with Gasteiger partial charge < -0.3 is 30.9 Å². The number of halogens is 2. The highest BCUT2D eigenvalue weighted by atomic mass is 32.2. The molecule has 5 rings (SSSR count). The van der Waals surface area contributed by atoms with Crippen LogP contribution in [0.25, 0.3) is 11.2 Å². The van der Waals surface area contributed by atoms with E-state index < -0.39 is 65.2 Å². The zero-order valence-electron chi connectivity index (χ0n) is 20.2. The Kier molecular flexibility index (Phi) is 6.91. The van der Waals surface area contributed by atoms with E-state index in [2.05, 4.69) is 19.7 Å². The van der Waals surface area contributed by atoms with E-state index in [1.54, 1.807) is 0 Å². The van der Waals surface area contributed by atoms with Crippen molar-refractivity contribution in [2.75, 3.05) is 12.3 Å². The second kappa shape index (κ2) is 9.81. The van der Waals surface area contributed by atoms with Crippen LogP contribution in [0.5, 0.6) is 0 Å². The molecule has 0 bridgehead atoms. The summed E-state index contributed by atoms with van der Waals surface area (Å²) in [6, 6.07) is 5.53. The Morgan fingerprint density at radius 2 is 1.90 bits per heavy atom. The number of alkyl halides is 2. The van der Waals surface area contributed by atoms with E-state index in [0.29, 0.717) is 0 Å². The Hall–Kier alpha value is -3.12. The molecule has 1 saturated heterocycles. The Morgan fingerprint density at radius 1 is 1.15 bits per heavy atom. The lowest BCUT2D eigenvalue weighted by atomic mass is 9.88. The molecule has 1 aliphatic heterocycles. The molecular weight excluding hydrogens is 542 g/mol. The largest absolute Gasteiger partial charge is 0.387 e. The fourth-order valence-electron chi connectivity index (χ4n) is 4.93. The molecule has 2 aromatic heterocycles. The van der Waals surface area contributed by atoms with Crippen LogP contribution in [-0.2, 0) is 20.4 Å². The van der Waals surface area contributed by atoms with Gasteiger partial charge in [-0.15, -0.1) is 0 Å². The number of nitrogens with two attached hydrogens (primary N) is 1. The Balaban J connectivity index is 1.21. The maximum Gasteiger partial charge on any atom is 0.309 e. The van der Waals surface area contributed by atoms with Crippen LogP contribution in [0.3, 0.4) is 0 Å². The summed E-state index contributed by atoms with van der Waals surface area (Å²) in [7, 11) is -4.12. The van der Waals surface area contributed by atoms with Gasteiger partial charge in [-0.1, -0.05) is 30.3 Å². The zero-order valence-corrected chi connectivity index (χ0v) is 21.0. The van der Waals surface area contributed by atoms with Gasteiger partial charge in [-0.3, -0.25) is 4.57 Å². The molecule has 0 amide bonds. The van der Waals surface area contributed by atoms with E-state index in [0.717, 1.165) is 11.5 Å². The number of hydrogen-bond acceptors (Lipinski definition) is 11. The van der Waals surface area contributed by atoms with E-state index in [1.165, 1.54) is 41.5 Å². The van der Waals surface area contributed by atoms with Crippen LogP contribution < -0.4 is 10.5 Å². The number of aliphatic hydroxyl groups excluding tert-OH is 3. The molecule has 16 heteroatoms. The van der Waals surface area contributed by atoms with Crippen molar-refractivity contribution in [1.82, 2.24) is 24.2 Å². The third-order valence-electron chi connectivity index (χ3n) is 7.03. The number of nitrogens with zero attached hydrogens (tertiary/aromatic N) is 4. The topological polar surface area (TPSA) is 206 Å². The fourth-order valence-corrected chi connectivity index (χ4v) is 5.81. The highest BCUT2D eigenvalue weighted by Crippen LogP contribution is 2.56. The molecule has 1 aromatic carbocycles. The molecular formula is C23H26F2N6O7S. The van der Waals surface area contributed by atoms with Crippen LogP contribution in [0.4, 0.5) is 14.6 Å². The molecule has 0 spiro atoms. The first-order valence-corrected chi connectivity index (χ1v) is 13.4. The highest BCUT2D eigenvalue weighted by Gasteiger charge is 2.64. The summed E-state index contributed by atoms with van der Waals surface area (Å²) in [5.41, 5.74) is 3.39. The number of aliphatic hydroxyl groups is 4. The van der Waals surface area contributed by atoms with Crippen molar-refractivity contribution in [3.8, 4) is 0 Å². The van der Waals surface area contributed by atoms with E-state index in [4.69, 9.17) is 10.5 Å². The van der Waals surface area contributed by atoms with Gasteiger partial charge in [0.1, 0.15) is 36.3 Å². The van der Waals surface area contributed by atoms with Crippen LogP contribution in [0.15, 0.2) is 48.4 Å². The number of fused-ring (bicyclic) bond motifs is 2. The Bertz CT molecular complexity index is 1520. The molecule has 39 heavy (non-hydrogen) atoms. The van der Waals surface area contributed by atoms with Crippen LogP contribution in [0.2, 0.25) is 0 Å². The second-order valence-corrected chi connectivity index (χ2v) is 11.1. The molecule has 2 unspecified atom stereocenters. The summed E-state index contributed by atoms with van der Waals surface area (Å²) >= 11 is 0. The van der Waals surface area contributed by atoms with Gasteiger partial charge >= 0.3 is 5.92 Å². The number of allylic oxidation sites excluding steroid dienone is 1. The lowest BCUT2D eigenvalue weighted by molar-refractivity contribution is -0.225. The molecule has 0 radical (unpaired) electrons. The molecule has 1 aliphatic carbocycles. The third kappa shape index (κ3) is 4.57. The van der Waals surface area contributed by atoms with Gasteiger partial charge in [-0.05, 0) is 24.0 Å². The summed E-state index contributed by atoms with van der Waals surface area (Å²) in [6.07, 6.45) is -4.62. The standard InChI is InChI=1S/C23H26F2N6O7S/c24-23(25)18(34)12-5-1-2-6-13(12)22(23,35)7-3-4-8-39(36,37)30-9-14-16(32)17(33)21(38-14)31-11-29-15-19(26)27-10-28-20(15)31/h1-2,4-6,8,10-11,14,16-18,21,30,32-35H,3,7,9H2,(H2,26,27,28)/b8-4+/t14-,16-,17-,18?,21-,22?/m1/s1. The molecule has 3 aromatic rings. The SMILES string of the molecule is Nc1ncnc2c1ncn2[C@@H]1O[C@H](CNS(=O)(=O)/C=C/CCC2(O)c3ccccc3C(O)C2(F)F)[C@@H](O)[C@H]1O. The Labute approximate surface area is 220 Å². The minimum Gasteiger partial charge on any atom is -0.387 e. The number of imidazole rings is 1. The number of sulfonamides is 1. The smallest absolute Gasteiger partial charge is 0.309 e. The number of aromatic nitrogens is 4. The number of nitrogens with one attached hydrogen (secondary N) is 1. The molecule has 0 saturated carbocycles. The van der Waals surface area contributed by atoms with Crippen molar-refractivity contribution in [1.29, 1.82) is 0 Å². The molecule has 7 N–H and O–H groups in total. The van der Waals surface area contributed by atoms with Gasteiger partial charge in [-0.2, -0.15) is 8.78 Å². The van der Waals surface area contributed by atoms with Gasteiger partial charge in [0.15, 0.2) is 23.3 Å². The minimum atomic E-state index is -4.12. The summed E-state index contributed by atoms with van der Waals surface area (Å²) in [4.78, 5) is 12.0. The van der Waals surface area contributed by atoms with E-state index in [9.17, 15) is 37.6 Å². The first kappa shape index (κ1) is 27.4. The number of benzene rings is 1. The summed E-state index contributed by atoms with van der Waals surface area (Å²) < 4.78 is 63.6. The maximum atomic E-state index is 14.7. The number of nitrogen functional groups attached to an aromatic ring is 1. The van der Waals surface area contributed by atoms with E-state index >= 15 is 0 Å². The second-order valence-electron chi connectivity index (χ2n) is 9.41. The van der Waals surface area contributed by atoms with Crippen LogP contribution in [-0.4, -0.2) is 79.1 Å². The predicted octanol–water partition coefficient (Wildman–Crippen LogP) is -0.189. The number of hydrogen-bond donors (Lipinski definition) is 6. The van der Waals surface area contributed by atoms with Crippen molar-refractivity contribution >= 4 is 27.0 Å². The van der Waals surface area contributed by atoms with Gasteiger partial charge in [-0.25, -0.2) is 28.1 Å². The fraction of sp³-hybridized carbons (Fsp3) is 0.435. The summed E-state index contributed by atoms with van der Waals surface area (Å²) in [6.45, 7) is -0.424. The monoisotopic (exact) mass is 568 g/mol. The van der Waals surface area contributed by atoms with Crippen molar-refractivity contribution < 1.29 is 42.4 Å². The quantitative estimate of drug-likeness (QED) is 0.210. The van der Waals surface area contributed by atoms with E-state index in [1.807, 2.05) is 0 Å². The van der Waals surface area contributed by atoms with Crippen molar-refractivity contribution in [3.63, 3.8) is 0 Å². The number of rotatable bonds is 8. The van der Waals surface area contributed by atoms with Gasteiger partial charge in [0.25, 0.3) is 0 Å². The van der Waals surface area contributed by atoms with Crippen LogP contribution in [0, 0.1) is 0 Å². The molecule has 2 aliphatic rings. The van der Waals surface area contributed by atoms with Gasteiger partial charge in [0, 0.05) is 12.0 Å². The number of ether oxygens (including phenoxy) is 1. The Morgan fingerprint density at radius 3 is 2.67 bits per heavy atom. The highest BCUT2D eigenvalue weighted by molar-refractivity contribution is 7.92. The predicted molar refractivity (Wildman–Crippen MR) is 131 cm³/mol.